The van der Waals surface area contributed by atoms with Crippen LogP contribution in [0.1, 0.15) is 32.9 Å². The Hall–Kier alpha value is -1.39. The van der Waals surface area contributed by atoms with Crippen LogP contribution in [0.4, 0.5) is 0 Å². The summed E-state index contributed by atoms with van der Waals surface area (Å²) in [5.74, 6) is 0. The number of aromatic nitrogens is 2. The molecule has 2 rings (SSSR count). The maximum Gasteiger partial charge on any atom is 0.137 e. The van der Waals surface area contributed by atoms with Crippen molar-refractivity contribution < 1.29 is 4.74 Å². The monoisotopic (exact) mass is 261 g/mol. The lowest BCUT2D eigenvalue weighted by Gasteiger charge is -2.27. The summed E-state index contributed by atoms with van der Waals surface area (Å²) in [4.78, 5) is 4.57. The molecule has 19 heavy (non-hydrogen) atoms. The molecule has 2 aromatic rings. The fourth-order valence-corrected chi connectivity index (χ4v) is 2.24. The van der Waals surface area contributed by atoms with Crippen LogP contribution in [0.15, 0.2) is 30.6 Å². The van der Waals surface area contributed by atoms with Crippen LogP contribution in [0.5, 0.6) is 0 Å². The van der Waals surface area contributed by atoms with E-state index in [9.17, 15) is 0 Å². The van der Waals surface area contributed by atoms with E-state index in [2.05, 4.69) is 37.3 Å². The van der Waals surface area contributed by atoms with Gasteiger partial charge in [-0.15, -0.1) is 0 Å². The summed E-state index contributed by atoms with van der Waals surface area (Å²) in [5, 5.41) is 3.49. The molecule has 2 aromatic heterocycles. The molecule has 0 saturated carbocycles. The molecule has 0 aromatic carbocycles. The summed E-state index contributed by atoms with van der Waals surface area (Å²) in [7, 11) is 1.76. The molecule has 0 aliphatic carbocycles. The summed E-state index contributed by atoms with van der Waals surface area (Å²) in [6.07, 6.45) is 5.05. The van der Waals surface area contributed by atoms with Gasteiger partial charge in [0.05, 0.1) is 11.3 Å². The molecule has 0 bridgehead atoms. The van der Waals surface area contributed by atoms with E-state index >= 15 is 0 Å². The Kier molecular flexibility index (Phi) is 4.22. The van der Waals surface area contributed by atoms with Crippen molar-refractivity contribution in [1.82, 2.24) is 14.7 Å². The summed E-state index contributed by atoms with van der Waals surface area (Å²) in [5.41, 5.74) is 1.96. The van der Waals surface area contributed by atoms with Crippen LogP contribution in [-0.4, -0.2) is 28.1 Å². The van der Waals surface area contributed by atoms with Gasteiger partial charge in [0.1, 0.15) is 5.65 Å². The van der Waals surface area contributed by atoms with Crippen LogP contribution in [0.2, 0.25) is 0 Å². The van der Waals surface area contributed by atoms with Crippen molar-refractivity contribution in [2.24, 2.45) is 0 Å². The molecule has 4 heteroatoms. The van der Waals surface area contributed by atoms with Crippen LogP contribution in [0.25, 0.3) is 5.65 Å². The minimum atomic E-state index is -0.0919. The Morgan fingerprint density at radius 3 is 2.89 bits per heavy atom. The molecule has 1 atom stereocenters. The first kappa shape index (κ1) is 14.0. The number of nitrogens with one attached hydrogen (secondary N) is 1. The molecule has 2 heterocycles. The first-order valence-electron chi connectivity index (χ1n) is 6.71. The average molecular weight is 261 g/mol. The van der Waals surface area contributed by atoms with Crippen molar-refractivity contribution in [3.8, 4) is 0 Å². The van der Waals surface area contributed by atoms with E-state index in [0.717, 1.165) is 24.3 Å². The number of imidazole rings is 1. The van der Waals surface area contributed by atoms with Crippen molar-refractivity contribution in [2.75, 3.05) is 7.11 Å². The van der Waals surface area contributed by atoms with Gasteiger partial charge >= 0.3 is 0 Å². The molecule has 1 unspecified atom stereocenters. The molecule has 0 amide bonds. The number of ether oxygens (including phenoxy) is 1. The smallest absolute Gasteiger partial charge is 0.137 e. The molecule has 0 aliphatic heterocycles. The van der Waals surface area contributed by atoms with Crippen molar-refractivity contribution in [3.05, 3.63) is 36.3 Å². The summed E-state index contributed by atoms with van der Waals surface area (Å²) < 4.78 is 7.49. The topological polar surface area (TPSA) is 38.6 Å². The molecular weight excluding hydrogens is 238 g/mol. The Labute approximate surface area is 114 Å². The van der Waals surface area contributed by atoms with E-state index in [1.54, 1.807) is 7.11 Å². The predicted molar refractivity (Wildman–Crippen MR) is 77.2 cm³/mol. The zero-order valence-corrected chi connectivity index (χ0v) is 12.2. The first-order valence-corrected chi connectivity index (χ1v) is 6.71. The highest BCUT2D eigenvalue weighted by molar-refractivity contribution is 5.39. The third kappa shape index (κ3) is 3.78. The van der Waals surface area contributed by atoms with Crippen molar-refractivity contribution in [1.29, 1.82) is 0 Å². The Morgan fingerprint density at radius 2 is 2.21 bits per heavy atom. The number of fused-ring (bicyclic) bond motifs is 1. The lowest BCUT2D eigenvalue weighted by atomic mass is 10.00. The number of hydrogen-bond acceptors (Lipinski definition) is 3. The third-order valence-corrected chi connectivity index (χ3v) is 3.40. The third-order valence-electron chi connectivity index (χ3n) is 3.40. The van der Waals surface area contributed by atoms with Gasteiger partial charge in [0, 0.05) is 32.1 Å². The van der Waals surface area contributed by atoms with Gasteiger partial charge in [0.25, 0.3) is 0 Å². The highest BCUT2D eigenvalue weighted by atomic mass is 16.5. The highest BCUT2D eigenvalue weighted by Gasteiger charge is 2.19. The second-order valence-electron chi connectivity index (χ2n) is 5.65. The molecule has 104 valence electrons. The van der Waals surface area contributed by atoms with Crippen molar-refractivity contribution in [2.45, 2.75) is 45.4 Å². The quantitative estimate of drug-likeness (QED) is 0.868. The molecule has 0 radical (unpaired) electrons. The first-order chi connectivity index (χ1) is 9.00. The maximum absolute atomic E-state index is 5.45. The van der Waals surface area contributed by atoms with E-state index < -0.39 is 0 Å². The summed E-state index contributed by atoms with van der Waals surface area (Å²) >= 11 is 0. The lowest BCUT2D eigenvalue weighted by molar-refractivity contribution is 0.00842. The van der Waals surface area contributed by atoms with E-state index in [1.165, 1.54) is 0 Å². The largest absolute Gasteiger partial charge is 0.379 e. The van der Waals surface area contributed by atoms with Gasteiger partial charge in [0.15, 0.2) is 0 Å². The number of rotatable bonds is 6. The Morgan fingerprint density at radius 1 is 1.42 bits per heavy atom. The van der Waals surface area contributed by atoms with Crippen molar-refractivity contribution in [3.63, 3.8) is 0 Å². The lowest BCUT2D eigenvalue weighted by Crippen LogP contribution is -2.35. The molecule has 0 spiro atoms. The van der Waals surface area contributed by atoms with Gasteiger partial charge in [-0.2, -0.15) is 0 Å². The molecule has 1 N–H and O–H groups in total. The zero-order valence-electron chi connectivity index (χ0n) is 12.2. The minimum Gasteiger partial charge on any atom is -0.379 e. The number of nitrogens with zero attached hydrogens (tertiary/aromatic N) is 2. The van der Waals surface area contributed by atoms with E-state index in [1.807, 2.05) is 28.8 Å². The van der Waals surface area contributed by atoms with E-state index in [-0.39, 0.29) is 5.60 Å². The second-order valence-corrected chi connectivity index (χ2v) is 5.65. The van der Waals surface area contributed by atoms with Gasteiger partial charge in [-0.3, -0.25) is 0 Å². The predicted octanol–water partition coefficient (Wildman–Crippen LogP) is 2.63. The number of pyridine rings is 1. The number of hydrogen-bond donors (Lipinski definition) is 1. The van der Waals surface area contributed by atoms with Crippen LogP contribution in [0, 0.1) is 0 Å². The second kappa shape index (κ2) is 5.72. The van der Waals surface area contributed by atoms with Gasteiger partial charge < -0.3 is 14.5 Å². The fraction of sp³-hybridized carbons (Fsp3) is 0.533. The molecule has 4 nitrogen and oxygen atoms in total. The molecule has 0 fully saturated rings. The van der Waals surface area contributed by atoms with Crippen LogP contribution in [0.3, 0.4) is 0 Å². The van der Waals surface area contributed by atoms with Gasteiger partial charge in [-0.25, -0.2) is 4.98 Å². The molecule has 0 aliphatic rings. The van der Waals surface area contributed by atoms with Gasteiger partial charge in [-0.1, -0.05) is 6.07 Å². The minimum absolute atomic E-state index is 0.0919. The number of methoxy groups -OCH3 is 1. The standard InChI is InChI=1S/C15H23N3O/c1-12(9-15(2,3)19-4)16-10-13-11-18-8-6-5-7-14(18)17-13/h5-8,11-12,16H,9-10H2,1-4H3. The van der Waals surface area contributed by atoms with Gasteiger partial charge in [0.2, 0.25) is 0 Å². The summed E-state index contributed by atoms with van der Waals surface area (Å²) in [6.45, 7) is 7.17. The van der Waals surface area contributed by atoms with E-state index in [0.29, 0.717) is 6.04 Å². The molecule has 0 saturated heterocycles. The van der Waals surface area contributed by atoms with Crippen LogP contribution >= 0.6 is 0 Å². The Balaban J connectivity index is 1.91. The van der Waals surface area contributed by atoms with Crippen LogP contribution in [-0.2, 0) is 11.3 Å². The SMILES string of the molecule is COC(C)(C)CC(C)NCc1cn2ccccc2n1. The van der Waals surface area contributed by atoms with Crippen LogP contribution < -0.4 is 5.32 Å². The maximum atomic E-state index is 5.45. The zero-order chi connectivity index (χ0) is 13.9. The summed E-state index contributed by atoms with van der Waals surface area (Å²) in [6, 6.07) is 6.42. The fourth-order valence-electron chi connectivity index (χ4n) is 2.24. The highest BCUT2D eigenvalue weighted by Crippen LogP contribution is 2.15. The molecular formula is C15H23N3O. The van der Waals surface area contributed by atoms with Crippen molar-refractivity contribution >= 4 is 5.65 Å². The average Bonchev–Trinajstić information content (AvgIpc) is 2.78. The normalized spacial score (nSPS) is 13.9. The van der Waals surface area contributed by atoms with E-state index in [4.69, 9.17) is 4.74 Å². The Bertz CT molecular complexity index is 500. The van der Waals surface area contributed by atoms with Gasteiger partial charge in [-0.05, 0) is 39.3 Å².